The second-order valence-corrected chi connectivity index (χ2v) is 3.19. The topological polar surface area (TPSA) is 51.7 Å². The Bertz CT molecular complexity index is 355. The molecule has 1 aromatic rings. The fourth-order valence-electron chi connectivity index (χ4n) is 1.27. The molecule has 0 saturated carbocycles. The van der Waals surface area contributed by atoms with Crippen LogP contribution in [0.5, 0.6) is 5.75 Å². The van der Waals surface area contributed by atoms with Crippen molar-refractivity contribution in [3.63, 3.8) is 0 Å². The van der Waals surface area contributed by atoms with Crippen LogP contribution in [0.4, 0.5) is 5.82 Å². The number of esters is 1. The molecule has 1 heterocycles. The van der Waals surface area contributed by atoms with Crippen molar-refractivity contribution in [3.05, 3.63) is 18.3 Å². The molecule has 0 aromatic carbocycles. The molecule has 16 heavy (non-hydrogen) atoms. The average molecular weight is 224 g/mol. The summed E-state index contributed by atoms with van der Waals surface area (Å²) in [4.78, 5) is 17.0. The summed E-state index contributed by atoms with van der Waals surface area (Å²) in [5.74, 6) is 0.988. The van der Waals surface area contributed by atoms with Crippen molar-refractivity contribution >= 4 is 11.8 Å². The molecule has 0 unspecified atom stereocenters. The molecule has 88 valence electrons. The lowest BCUT2D eigenvalue weighted by molar-refractivity contribution is -0.138. The highest BCUT2D eigenvalue weighted by Crippen LogP contribution is 2.23. The maximum Gasteiger partial charge on any atom is 0.325 e. The van der Waals surface area contributed by atoms with Crippen LogP contribution in [0.15, 0.2) is 18.3 Å². The van der Waals surface area contributed by atoms with Gasteiger partial charge >= 0.3 is 5.97 Å². The van der Waals surface area contributed by atoms with Crippen LogP contribution >= 0.6 is 0 Å². The summed E-state index contributed by atoms with van der Waals surface area (Å²) in [5.41, 5.74) is 0. The highest BCUT2D eigenvalue weighted by molar-refractivity contribution is 5.75. The Balaban J connectivity index is 2.81. The Morgan fingerprint density at radius 1 is 1.56 bits per heavy atom. The van der Waals surface area contributed by atoms with E-state index in [4.69, 9.17) is 4.74 Å². The van der Waals surface area contributed by atoms with E-state index in [1.165, 1.54) is 7.11 Å². The molecule has 5 nitrogen and oxygen atoms in total. The first-order chi connectivity index (χ1) is 7.69. The zero-order chi connectivity index (χ0) is 12.0. The SMILES string of the molecule is CCOc1cccnc1N(C)CC(=O)OC. The number of carbonyl (C=O) groups is 1. The second kappa shape index (κ2) is 5.95. The summed E-state index contributed by atoms with van der Waals surface area (Å²) in [5, 5.41) is 0. The molecule has 0 fully saturated rings. The molecular formula is C11H16N2O3. The normalized spacial score (nSPS) is 9.69. The monoisotopic (exact) mass is 224 g/mol. The van der Waals surface area contributed by atoms with Crippen molar-refractivity contribution in [3.8, 4) is 5.75 Å². The first-order valence-electron chi connectivity index (χ1n) is 5.04. The average Bonchev–Trinajstić information content (AvgIpc) is 2.30. The van der Waals surface area contributed by atoms with E-state index >= 15 is 0 Å². The van der Waals surface area contributed by atoms with Crippen molar-refractivity contribution in [2.45, 2.75) is 6.92 Å². The number of hydrogen-bond donors (Lipinski definition) is 0. The molecule has 0 aliphatic heterocycles. The minimum atomic E-state index is -0.310. The number of anilines is 1. The first-order valence-corrected chi connectivity index (χ1v) is 5.04. The molecule has 0 amide bonds. The lowest BCUT2D eigenvalue weighted by Gasteiger charge is -2.19. The van der Waals surface area contributed by atoms with Crippen molar-refractivity contribution in [1.82, 2.24) is 4.98 Å². The quantitative estimate of drug-likeness (QED) is 0.701. The molecule has 0 bridgehead atoms. The van der Waals surface area contributed by atoms with Crippen LogP contribution in [0.2, 0.25) is 0 Å². The molecule has 0 radical (unpaired) electrons. The van der Waals surface area contributed by atoms with E-state index in [1.807, 2.05) is 13.0 Å². The van der Waals surface area contributed by atoms with Gasteiger partial charge in [0.2, 0.25) is 0 Å². The van der Waals surface area contributed by atoms with E-state index in [0.717, 1.165) is 0 Å². The Labute approximate surface area is 95.0 Å². The Hall–Kier alpha value is -1.78. The van der Waals surface area contributed by atoms with E-state index < -0.39 is 0 Å². The molecule has 0 N–H and O–H groups in total. The van der Waals surface area contributed by atoms with Gasteiger partial charge in [0.25, 0.3) is 0 Å². The Morgan fingerprint density at radius 3 is 2.94 bits per heavy atom. The van der Waals surface area contributed by atoms with Crippen LogP contribution in [0, 0.1) is 0 Å². The van der Waals surface area contributed by atoms with E-state index in [-0.39, 0.29) is 12.5 Å². The van der Waals surface area contributed by atoms with Gasteiger partial charge in [-0.3, -0.25) is 4.79 Å². The summed E-state index contributed by atoms with van der Waals surface area (Å²) < 4.78 is 10.0. The Morgan fingerprint density at radius 2 is 2.31 bits per heavy atom. The van der Waals surface area contributed by atoms with Crippen molar-refractivity contribution in [1.29, 1.82) is 0 Å². The molecule has 5 heteroatoms. The van der Waals surface area contributed by atoms with Crippen LogP contribution in [0.25, 0.3) is 0 Å². The van der Waals surface area contributed by atoms with Crippen LogP contribution < -0.4 is 9.64 Å². The number of aromatic nitrogens is 1. The largest absolute Gasteiger partial charge is 0.490 e. The summed E-state index contributed by atoms with van der Waals surface area (Å²) in [6, 6.07) is 3.61. The van der Waals surface area contributed by atoms with Crippen LogP contribution in [-0.2, 0) is 9.53 Å². The van der Waals surface area contributed by atoms with E-state index in [0.29, 0.717) is 18.2 Å². The highest BCUT2D eigenvalue weighted by atomic mass is 16.5. The molecule has 0 saturated heterocycles. The van der Waals surface area contributed by atoms with Gasteiger partial charge in [0.05, 0.1) is 13.7 Å². The predicted octanol–water partition coefficient (Wildman–Crippen LogP) is 1.09. The number of likely N-dealkylation sites (N-methyl/N-ethyl adjacent to an activating group) is 1. The summed E-state index contributed by atoms with van der Waals surface area (Å²) in [6.07, 6.45) is 1.66. The molecule has 0 aliphatic carbocycles. The summed E-state index contributed by atoms with van der Waals surface area (Å²) in [7, 11) is 3.12. The number of methoxy groups -OCH3 is 1. The maximum atomic E-state index is 11.1. The molecule has 1 aromatic heterocycles. The number of hydrogen-bond acceptors (Lipinski definition) is 5. The van der Waals surface area contributed by atoms with Gasteiger partial charge in [0.15, 0.2) is 11.6 Å². The molecule has 1 rings (SSSR count). The third kappa shape index (κ3) is 3.12. The highest BCUT2D eigenvalue weighted by Gasteiger charge is 2.12. The van der Waals surface area contributed by atoms with Crippen LogP contribution in [0.1, 0.15) is 6.92 Å². The number of rotatable bonds is 5. The molecule has 0 spiro atoms. The van der Waals surface area contributed by atoms with Crippen molar-refractivity contribution in [2.75, 3.05) is 32.2 Å². The fourth-order valence-corrected chi connectivity index (χ4v) is 1.27. The number of nitrogens with zero attached hydrogens (tertiary/aromatic N) is 2. The fraction of sp³-hybridized carbons (Fsp3) is 0.455. The van der Waals surface area contributed by atoms with Gasteiger partial charge in [0, 0.05) is 13.2 Å². The minimum absolute atomic E-state index is 0.146. The van der Waals surface area contributed by atoms with E-state index in [9.17, 15) is 4.79 Å². The molecule has 0 atom stereocenters. The van der Waals surface area contributed by atoms with Gasteiger partial charge in [-0.1, -0.05) is 0 Å². The smallest absolute Gasteiger partial charge is 0.325 e. The van der Waals surface area contributed by atoms with Gasteiger partial charge in [0.1, 0.15) is 6.54 Å². The van der Waals surface area contributed by atoms with E-state index in [2.05, 4.69) is 9.72 Å². The molecular weight excluding hydrogens is 208 g/mol. The van der Waals surface area contributed by atoms with Crippen molar-refractivity contribution < 1.29 is 14.3 Å². The lowest BCUT2D eigenvalue weighted by Crippen LogP contribution is -2.27. The predicted molar refractivity (Wildman–Crippen MR) is 60.7 cm³/mol. The number of pyridine rings is 1. The van der Waals surface area contributed by atoms with Gasteiger partial charge in [-0.15, -0.1) is 0 Å². The third-order valence-corrected chi connectivity index (χ3v) is 2.01. The molecule has 0 aliphatic rings. The zero-order valence-electron chi connectivity index (χ0n) is 9.77. The number of carbonyl (C=O) groups excluding carboxylic acids is 1. The lowest BCUT2D eigenvalue weighted by atomic mass is 10.4. The summed E-state index contributed by atoms with van der Waals surface area (Å²) >= 11 is 0. The van der Waals surface area contributed by atoms with Gasteiger partial charge in [-0.05, 0) is 19.1 Å². The first kappa shape index (κ1) is 12.3. The van der Waals surface area contributed by atoms with E-state index in [1.54, 1.807) is 24.2 Å². The van der Waals surface area contributed by atoms with Crippen molar-refractivity contribution in [2.24, 2.45) is 0 Å². The van der Waals surface area contributed by atoms with Crippen LogP contribution in [0.3, 0.4) is 0 Å². The zero-order valence-corrected chi connectivity index (χ0v) is 9.77. The van der Waals surface area contributed by atoms with Gasteiger partial charge in [-0.2, -0.15) is 0 Å². The van der Waals surface area contributed by atoms with Gasteiger partial charge < -0.3 is 14.4 Å². The second-order valence-electron chi connectivity index (χ2n) is 3.19. The number of ether oxygens (including phenoxy) is 2. The van der Waals surface area contributed by atoms with Gasteiger partial charge in [-0.25, -0.2) is 4.98 Å². The Kier molecular flexibility index (Phi) is 4.57. The minimum Gasteiger partial charge on any atom is -0.490 e. The standard InChI is InChI=1S/C11H16N2O3/c1-4-16-9-6-5-7-12-11(9)13(2)8-10(14)15-3/h5-7H,4,8H2,1-3H3. The maximum absolute atomic E-state index is 11.1. The third-order valence-electron chi connectivity index (χ3n) is 2.01. The van der Waals surface area contributed by atoms with Crippen LogP contribution in [-0.4, -0.2) is 38.3 Å². The summed E-state index contributed by atoms with van der Waals surface area (Å²) in [6.45, 7) is 2.61.